The highest BCUT2D eigenvalue weighted by atomic mass is 16.1. The van der Waals surface area contributed by atoms with Gasteiger partial charge in [0, 0.05) is 18.5 Å². The second-order valence-electron chi connectivity index (χ2n) is 3.32. The number of hydrogen-bond acceptors (Lipinski definition) is 3. The predicted octanol–water partition coefficient (Wildman–Crippen LogP) is 1.87. The number of ketones is 1. The Kier molecular flexibility index (Phi) is 3.74. The van der Waals surface area contributed by atoms with Crippen molar-refractivity contribution in [2.45, 2.75) is 40.0 Å². The number of aryl methyl sites for hydroxylation is 2. The lowest BCUT2D eigenvalue weighted by Gasteiger charge is -2.03. The Morgan fingerprint density at radius 1 is 1.29 bits per heavy atom. The molecule has 1 rings (SSSR count). The van der Waals surface area contributed by atoms with Gasteiger partial charge in [-0.3, -0.25) is 4.79 Å². The molecule has 1 aromatic heterocycles. The topological polar surface area (TPSA) is 42.9 Å². The maximum atomic E-state index is 11.2. The van der Waals surface area contributed by atoms with E-state index in [0.717, 1.165) is 23.6 Å². The molecule has 0 amide bonds. The fourth-order valence-corrected chi connectivity index (χ4v) is 1.30. The molecule has 0 unspecified atom stereocenters. The van der Waals surface area contributed by atoms with Crippen LogP contribution in [0, 0.1) is 6.92 Å². The van der Waals surface area contributed by atoms with Gasteiger partial charge in [0.15, 0.2) is 0 Å². The van der Waals surface area contributed by atoms with Crippen LogP contribution in [0.3, 0.4) is 0 Å². The molecule has 0 fully saturated rings. The van der Waals surface area contributed by atoms with Gasteiger partial charge in [-0.05, 0) is 19.4 Å². The zero-order chi connectivity index (χ0) is 10.6. The van der Waals surface area contributed by atoms with E-state index < -0.39 is 0 Å². The second-order valence-corrected chi connectivity index (χ2v) is 3.32. The molecule has 3 heteroatoms. The summed E-state index contributed by atoms with van der Waals surface area (Å²) >= 11 is 0. The average molecular weight is 192 g/mol. The molecular formula is C11H16N2O. The third-order valence-electron chi connectivity index (χ3n) is 2.08. The molecule has 0 saturated heterocycles. The quantitative estimate of drug-likeness (QED) is 0.731. The summed E-state index contributed by atoms with van der Waals surface area (Å²) < 4.78 is 0. The Labute approximate surface area is 84.6 Å². The predicted molar refractivity (Wildman–Crippen MR) is 55.1 cm³/mol. The van der Waals surface area contributed by atoms with E-state index in [1.807, 2.05) is 26.8 Å². The molecule has 0 bridgehead atoms. The lowest BCUT2D eigenvalue weighted by Crippen LogP contribution is -2.06. The molecule has 0 atom stereocenters. The standard InChI is InChI=1S/C11H16N2O/c1-4-9-6-10(7-11(14)5-2)13-8(3)12-9/h6H,4-5,7H2,1-3H3. The fourth-order valence-electron chi connectivity index (χ4n) is 1.30. The molecule has 0 aliphatic carbocycles. The molecule has 1 aromatic rings. The number of rotatable bonds is 4. The van der Waals surface area contributed by atoms with Crippen molar-refractivity contribution in [1.29, 1.82) is 0 Å². The highest BCUT2D eigenvalue weighted by molar-refractivity contribution is 5.80. The zero-order valence-electron chi connectivity index (χ0n) is 9.00. The first-order valence-electron chi connectivity index (χ1n) is 5.00. The van der Waals surface area contributed by atoms with Crippen LogP contribution < -0.4 is 0 Å². The maximum absolute atomic E-state index is 11.2. The molecule has 0 radical (unpaired) electrons. The van der Waals surface area contributed by atoms with Gasteiger partial charge >= 0.3 is 0 Å². The van der Waals surface area contributed by atoms with Crippen molar-refractivity contribution >= 4 is 5.78 Å². The van der Waals surface area contributed by atoms with Gasteiger partial charge in [0.1, 0.15) is 11.6 Å². The van der Waals surface area contributed by atoms with Crippen molar-refractivity contribution < 1.29 is 4.79 Å². The number of Topliss-reactive ketones (excluding diaryl/α,β-unsaturated/α-hetero) is 1. The maximum Gasteiger partial charge on any atom is 0.138 e. The molecule has 0 saturated carbocycles. The normalized spacial score (nSPS) is 10.2. The van der Waals surface area contributed by atoms with Crippen LogP contribution in [0.2, 0.25) is 0 Å². The van der Waals surface area contributed by atoms with Gasteiger partial charge in [-0.25, -0.2) is 9.97 Å². The van der Waals surface area contributed by atoms with Crippen LogP contribution in [0.15, 0.2) is 6.07 Å². The first-order valence-corrected chi connectivity index (χ1v) is 5.00. The fraction of sp³-hybridized carbons (Fsp3) is 0.545. The van der Waals surface area contributed by atoms with E-state index in [2.05, 4.69) is 9.97 Å². The van der Waals surface area contributed by atoms with Crippen molar-refractivity contribution in [3.63, 3.8) is 0 Å². The number of aromatic nitrogens is 2. The van der Waals surface area contributed by atoms with Crippen molar-refractivity contribution in [3.8, 4) is 0 Å². The lowest BCUT2D eigenvalue weighted by atomic mass is 10.1. The number of carbonyl (C=O) groups excluding carboxylic acids is 1. The Bertz CT molecular complexity index is 334. The number of nitrogens with zero attached hydrogens (tertiary/aromatic N) is 2. The summed E-state index contributed by atoms with van der Waals surface area (Å²) in [5.41, 5.74) is 1.86. The molecule has 0 aliphatic rings. The minimum atomic E-state index is 0.227. The Balaban J connectivity index is 2.86. The first-order chi connectivity index (χ1) is 6.65. The van der Waals surface area contributed by atoms with Gasteiger partial charge in [0.2, 0.25) is 0 Å². The molecule has 1 heterocycles. The molecule has 14 heavy (non-hydrogen) atoms. The minimum Gasteiger partial charge on any atom is -0.299 e. The van der Waals surface area contributed by atoms with E-state index in [4.69, 9.17) is 0 Å². The van der Waals surface area contributed by atoms with Gasteiger partial charge in [-0.1, -0.05) is 13.8 Å². The molecule has 0 N–H and O–H groups in total. The SMILES string of the molecule is CCC(=O)Cc1cc(CC)nc(C)n1. The van der Waals surface area contributed by atoms with Crippen LogP contribution in [-0.2, 0) is 17.6 Å². The monoisotopic (exact) mass is 192 g/mol. The van der Waals surface area contributed by atoms with Gasteiger partial charge in [-0.15, -0.1) is 0 Å². The summed E-state index contributed by atoms with van der Waals surface area (Å²) in [5, 5.41) is 0. The Morgan fingerprint density at radius 2 is 1.93 bits per heavy atom. The summed E-state index contributed by atoms with van der Waals surface area (Å²) in [6.07, 6.45) is 1.90. The third kappa shape index (κ3) is 2.91. The molecule has 0 aromatic carbocycles. The van der Waals surface area contributed by atoms with Gasteiger partial charge in [-0.2, -0.15) is 0 Å². The van der Waals surface area contributed by atoms with E-state index in [1.165, 1.54) is 0 Å². The molecule has 0 aliphatic heterocycles. The van der Waals surface area contributed by atoms with Crippen LogP contribution in [0.1, 0.15) is 37.5 Å². The van der Waals surface area contributed by atoms with Gasteiger partial charge < -0.3 is 0 Å². The molecule has 76 valence electrons. The summed E-state index contributed by atoms with van der Waals surface area (Å²) in [4.78, 5) is 19.7. The van der Waals surface area contributed by atoms with Crippen LogP contribution in [0.4, 0.5) is 0 Å². The van der Waals surface area contributed by atoms with E-state index in [1.54, 1.807) is 0 Å². The van der Waals surface area contributed by atoms with Crippen molar-refractivity contribution in [2.75, 3.05) is 0 Å². The Hall–Kier alpha value is -1.25. The van der Waals surface area contributed by atoms with Crippen molar-refractivity contribution in [2.24, 2.45) is 0 Å². The van der Waals surface area contributed by atoms with E-state index in [9.17, 15) is 4.79 Å². The molecule has 3 nitrogen and oxygen atoms in total. The van der Waals surface area contributed by atoms with Crippen LogP contribution in [0.25, 0.3) is 0 Å². The van der Waals surface area contributed by atoms with Crippen molar-refractivity contribution in [1.82, 2.24) is 9.97 Å². The van der Waals surface area contributed by atoms with Crippen LogP contribution in [0.5, 0.6) is 0 Å². The lowest BCUT2D eigenvalue weighted by molar-refractivity contribution is -0.118. The smallest absolute Gasteiger partial charge is 0.138 e. The van der Waals surface area contributed by atoms with Gasteiger partial charge in [0.25, 0.3) is 0 Å². The van der Waals surface area contributed by atoms with E-state index >= 15 is 0 Å². The molecular weight excluding hydrogens is 176 g/mol. The molecule has 0 spiro atoms. The second kappa shape index (κ2) is 4.84. The van der Waals surface area contributed by atoms with E-state index in [0.29, 0.717) is 12.8 Å². The zero-order valence-corrected chi connectivity index (χ0v) is 9.00. The van der Waals surface area contributed by atoms with E-state index in [-0.39, 0.29) is 5.78 Å². The average Bonchev–Trinajstić information content (AvgIpc) is 2.16. The summed E-state index contributed by atoms with van der Waals surface area (Å²) in [6, 6.07) is 1.92. The summed E-state index contributed by atoms with van der Waals surface area (Å²) in [6.45, 7) is 5.78. The third-order valence-corrected chi connectivity index (χ3v) is 2.08. The van der Waals surface area contributed by atoms with Crippen LogP contribution >= 0.6 is 0 Å². The largest absolute Gasteiger partial charge is 0.299 e. The number of hydrogen-bond donors (Lipinski definition) is 0. The van der Waals surface area contributed by atoms with Crippen LogP contribution in [-0.4, -0.2) is 15.8 Å². The minimum absolute atomic E-state index is 0.227. The Morgan fingerprint density at radius 3 is 2.50 bits per heavy atom. The first kappa shape index (κ1) is 10.8. The van der Waals surface area contributed by atoms with Crippen molar-refractivity contribution in [3.05, 3.63) is 23.3 Å². The summed E-state index contributed by atoms with van der Waals surface area (Å²) in [7, 11) is 0. The highest BCUT2D eigenvalue weighted by Gasteiger charge is 2.04. The van der Waals surface area contributed by atoms with Gasteiger partial charge in [0.05, 0.1) is 5.69 Å². The summed E-state index contributed by atoms with van der Waals surface area (Å²) in [5.74, 6) is 0.980. The highest BCUT2D eigenvalue weighted by Crippen LogP contribution is 2.04. The number of carbonyl (C=O) groups is 1.